The van der Waals surface area contributed by atoms with Gasteiger partial charge in [-0.1, -0.05) is 0 Å². The summed E-state index contributed by atoms with van der Waals surface area (Å²) in [4.78, 5) is 11.7. The SMILES string of the molecule is CC(C)NC(COc1cc(F)ccc1F)(C(=O)O)C1CC1. The average Bonchev–Trinajstić information content (AvgIpc) is 3.22. The first-order chi connectivity index (χ1) is 9.85. The highest BCUT2D eigenvalue weighted by atomic mass is 19.1. The first-order valence-corrected chi connectivity index (χ1v) is 6.94. The number of carboxylic acid groups (broad SMARTS) is 1. The second-order valence-electron chi connectivity index (χ2n) is 5.71. The molecule has 0 bridgehead atoms. The zero-order valence-electron chi connectivity index (χ0n) is 12.0. The molecule has 21 heavy (non-hydrogen) atoms. The minimum absolute atomic E-state index is 0.0611. The highest BCUT2D eigenvalue weighted by Gasteiger charge is 2.52. The summed E-state index contributed by atoms with van der Waals surface area (Å²) in [6.45, 7) is 3.43. The Bertz CT molecular complexity index is 532. The van der Waals surface area contributed by atoms with Gasteiger partial charge in [-0.2, -0.15) is 0 Å². The van der Waals surface area contributed by atoms with E-state index < -0.39 is 23.1 Å². The Hall–Kier alpha value is -1.69. The van der Waals surface area contributed by atoms with Crippen LogP contribution in [-0.2, 0) is 4.79 Å². The lowest BCUT2D eigenvalue weighted by molar-refractivity contribution is -0.148. The number of hydrogen-bond donors (Lipinski definition) is 2. The van der Waals surface area contributed by atoms with Gasteiger partial charge in [-0.15, -0.1) is 0 Å². The Balaban J connectivity index is 2.19. The molecule has 0 spiro atoms. The van der Waals surface area contributed by atoms with Crippen LogP contribution in [0.1, 0.15) is 26.7 Å². The Morgan fingerprint density at radius 2 is 2.14 bits per heavy atom. The smallest absolute Gasteiger partial charge is 0.327 e. The lowest BCUT2D eigenvalue weighted by Gasteiger charge is -2.32. The largest absolute Gasteiger partial charge is 0.488 e. The maximum absolute atomic E-state index is 13.6. The van der Waals surface area contributed by atoms with Crippen LogP contribution in [0.4, 0.5) is 8.78 Å². The molecule has 1 aromatic carbocycles. The molecule has 0 radical (unpaired) electrons. The molecular weight excluding hydrogens is 280 g/mol. The van der Waals surface area contributed by atoms with Gasteiger partial charge in [0.1, 0.15) is 12.4 Å². The summed E-state index contributed by atoms with van der Waals surface area (Å²) in [5.41, 5.74) is -1.27. The lowest BCUT2D eigenvalue weighted by atomic mass is 9.93. The Morgan fingerprint density at radius 1 is 1.48 bits per heavy atom. The van der Waals surface area contributed by atoms with Crippen molar-refractivity contribution in [2.24, 2.45) is 5.92 Å². The van der Waals surface area contributed by atoms with Crippen molar-refractivity contribution in [1.29, 1.82) is 0 Å². The number of hydrogen-bond acceptors (Lipinski definition) is 3. The van der Waals surface area contributed by atoms with Crippen LogP contribution < -0.4 is 10.1 Å². The van der Waals surface area contributed by atoms with Crippen LogP contribution in [0.25, 0.3) is 0 Å². The molecule has 1 saturated carbocycles. The molecule has 1 aromatic rings. The molecule has 6 heteroatoms. The van der Waals surface area contributed by atoms with Crippen LogP contribution in [0.3, 0.4) is 0 Å². The third-order valence-corrected chi connectivity index (χ3v) is 3.55. The molecule has 0 amide bonds. The summed E-state index contributed by atoms with van der Waals surface area (Å²) >= 11 is 0. The Kier molecular flexibility index (Phi) is 4.46. The molecule has 1 atom stereocenters. The molecule has 1 aliphatic carbocycles. The lowest BCUT2D eigenvalue weighted by Crippen LogP contribution is -2.60. The minimum atomic E-state index is -1.27. The van der Waals surface area contributed by atoms with Gasteiger partial charge in [0.05, 0.1) is 0 Å². The molecule has 4 nitrogen and oxygen atoms in total. The summed E-state index contributed by atoms with van der Waals surface area (Å²) < 4.78 is 32.0. The first kappa shape index (κ1) is 15.7. The molecule has 1 fully saturated rings. The van der Waals surface area contributed by atoms with E-state index in [1.807, 2.05) is 13.8 Å². The van der Waals surface area contributed by atoms with Crippen molar-refractivity contribution in [1.82, 2.24) is 5.32 Å². The van der Waals surface area contributed by atoms with Gasteiger partial charge in [0.25, 0.3) is 0 Å². The molecule has 1 aliphatic rings. The molecule has 1 unspecified atom stereocenters. The topological polar surface area (TPSA) is 58.6 Å². The molecular formula is C15H19F2NO3. The van der Waals surface area contributed by atoms with Crippen LogP contribution in [0, 0.1) is 17.6 Å². The van der Waals surface area contributed by atoms with Crippen molar-refractivity contribution >= 4 is 5.97 Å². The maximum atomic E-state index is 13.6. The highest BCUT2D eigenvalue weighted by Crippen LogP contribution is 2.40. The molecule has 116 valence electrons. The van der Waals surface area contributed by atoms with Gasteiger partial charge in [-0.3, -0.25) is 10.1 Å². The molecule has 0 aromatic heterocycles. The molecule has 0 heterocycles. The monoisotopic (exact) mass is 299 g/mol. The number of halogens is 2. The number of carbonyl (C=O) groups is 1. The second kappa shape index (κ2) is 5.97. The number of ether oxygens (including phenoxy) is 1. The van der Waals surface area contributed by atoms with E-state index in [9.17, 15) is 18.7 Å². The minimum Gasteiger partial charge on any atom is -0.488 e. The van der Waals surface area contributed by atoms with Gasteiger partial charge < -0.3 is 9.84 Å². The summed E-state index contributed by atoms with van der Waals surface area (Å²) in [7, 11) is 0. The Morgan fingerprint density at radius 3 is 2.67 bits per heavy atom. The van der Waals surface area contributed by atoms with Crippen molar-refractivity contribution in [3.63, 3.8) is 0 Å². The average molecular weight is 299 g/mol. The van der Waals surface area contributed by atoms with Crippen LogP contribution >= 0.6 is 0 Å². The predicted octanol–water partition coefficient (Wildman–Crippen LogP) is 2.58. The fraction of sp³-hybridized carbons (Fsp3) is 0.533. The van der Waals surface area contributed by atoms with Crippen molar-refractivity contribution < 1.29 is 23.4 Å². The van der Waals surface area contributed by atoms with E-state index in [1.54, 1.807) is 0 Å². The summed E-state index contributed by atoms with van der Waals surface area (Å²) in [6.07, 6.45) is 1.56. The number of aliphatic carboxylic acids is 1. The summed E-state index contributed by atoms with van der Waals surface area (Å²) in [6, 6.07) is 2.80. The Labute approximate surface area is 122 Å². The van der Waals surface area contributed by atoms with Crippen LogP contribution in [0.15, 0.2) is 18.2 Å². The van der Waals surface area contributed by atoms with Gasteiger partial charge in [-0.25, -0.2) is 8.78 Å². The third kappa shape index (κ3) is 3.50. The second-order valence-corrected chi connectivity index (χ2v) is 5.71. The normalized spacial score (nSPS) is 17.6. The van der Waals surface area contributed by atoms with Crippen molar-refractivity contribution in [3.05, 3.63) is 29.8 Å². The maximum Gasteiger partial charge on any atom is 0.327 e. The van der Waals surface area contributed by atoms with Crippen molar-refractivity contribution in [2.75, 3.05) is 6.61 Å². The predicted molar refractivity (Wildman–Crippen MR) is 73.2 cm³/mol. The van der Waals surface area contributed by atoms with E-state index in [1.165, 1.54) is 0 Å². The van der Waals surface area contributed by atoms with E-state index in [0.717, 1.165) is 31.0 Å². The third-order valence-electron chi connectivity index (χ3n) is 3.55. The number of carboxylic acids is 1. The highest BCUT2D eigenvalue weighted by molar-refractivity contribution is 5.80. The zero-order chi connectivity index (χ0) is 15.6. The van der Waals surface area contributed by atoms with E-state index in [0.29, 0.717) is 0 Å². The molecule has 2 rings (SSSR count). The van der Waals surface area contributed by atoms with E-state index in [4.69, 9.17) is 4.74 Å². The summed E-state index contributed by atoms with van der Waals surface area (Å²) in [5, 5.41) is 12.6. The van der Waals surface area contributed by atoms with Crippen LogP contribution in [0.5, 0.6) is 5.75 Å². The van der Waals surface area contributed by atoms with Gasteiger partial charge in [0.2, 0.25) is 0 Å². The fourth-order valence-corrected chi connectivity index (χ4v) is 2.45. The molecule has 0 aliphatic heterocycles. The van der Waals surface area contributed by atoms with E-state index in [-0.39, 0.29) is 24.3 Å². The van der Waals surface area contributed by atoms with E-state index >= 15 is 0 Å². The zero-order valence-corrected chi connectivity index (χ0v) is 12.0. The number of nitrogens with one attached hydrogen (secondary N) is 1. The van der Waals surface area contributed by atoms with Gasteiger partial charge in [-0.05, 0) is 44.7 Å². The van der Waals surface area contributed by atoms with E-state index in [2.05, 4.69) is 5.32 Å². The molecule has 0 saturated heterocycles. The number of rotatable bonds is 7. The van der Waals surface area contributed by atoms with Crippen molar-refractivity contribution in [2.45, 2.75) is 38.3 Å². The summed E-state index contributed by atoms with van der Waals surface area (Å²) in [5.74, 6) is -2.71. The van der Waals surface area contributed by atoms with Gasteiger partial charge >= 0.3 is 5.97 Å². The molecule has 2 N–H and O–H groups in total. The first-order valence-electron chi connectivity index (χ1n) is 6.94. The standard InChI is InChI=1S/C15H19F2NO3/c1-9(2)18-15(14(19)20,10-3-4-10)8-21-13-7-11(16)5-6-12(13)17/h5-7,9-10,18H,3-4,8H2,1-2H3,(H,19,20). The van der Waals surface area contributed by atoms with Crippen LogP contribution in [-0.4, -0.2) is 29.3 Å². The van der Waals surface area contributed by atoms with Gasteiger partial charge in [0, 0.05) is 12.1 Å². The number of benzene rings is 1. The quantitative estimate of drug-likeness (QED) is 0.812. The van der Waals surface area contributed by atoms with Gasteiger partial charge in [0.15, 0.2) is 17.1 Å². The van der Waals surface area contributed by atoms with Crippen LogP contribution in [0.2, 0.25) is 0 Å². The van der Waals surface area contributed by atoms with Crippen molar-refractivity contribution in [3.8, 4) is 5.75 Å². The fourth-order valence-electron chi connectivity index (χ4n) is 2.45.